The third-order valence-corrected chi connectivity index (χ3v) is 9.28. The number of amides is 2. The molecule has 2 aromatic heterocycles. The Morgan fingerprint density at radius 3 is 2.33 bits per heavy atom. The molecule has 0 aliphatic heterocycles. The maximum Gasteiger partial charge on any atom is 0.266 e. The number of halogens is 4. The van der Waals surface area contributed by atoms with Gasteiger partial charge < -0.3 is 16.0 Å². The number of nitrogens with zero attached hydrogens (tertiary/aromatic N) is 3. The lowest BCUT2D eigenvalue weighted by Gasteiger charge is -2.34. The molecule has 43 heavy (non-hydrogen) atoms. The van der Waals surface area contributed by atoms with Gasteiger partial charge >= 0.3 is 0 Å². The van der Waals surface area contributed by atoms with Gasteiger partial charge in [-0.05, 0) is 81.0 Å². The van der Waals surface area contributed by atoms with Crippen LogP contribution < -0.4 is 11.1 Å². The van der Waals surface area contributed by atoms with Gasteiger partial charge in [-0.3, -0.25) is 14.3 Å². The van der Waals surface area contributed by atoms with Crippen molar-refractivity contribution in [3.63, 3.8) is 0 Å². The van der Waals surface area contributed by atoms with Crippen LogP contribution in [0.1, 0.15) is 117 Å². The molecule has 3 aromatic rings. The average molecular weight is 603 g/mol. The van der Waals surface area contributed by atoms with E-state index in [1.165, 1.54) is 0 Å². The van der Waals surface area contributed by atoms with E-state index in [0.29, 0.717) is 17.0 Å². The lowest BCUT2D eigenvalue weighted by molar-refractivity contribution is -0.134. The zero-order chi connectivity index (χ0) is 30.7. The van der Waals surface area contributed by atoms with Crippen LogP contribution in [0.3, 0.4) is 0 Å². The molecule has 3 aliphatic rings. The summed E-state index contributed by atoms with van der Waals surface area (Å²) in [4.78, 5) is 33.2. The smallest absolute Gasteiger partial charge is 0.266 e. The van der Waals surface area contributed by atoms with Crippen LogP contribution in [0.4, 0.5) is 17.6 Å². The van der Waals surface area contributed by atoms with Crippen molar-refractivity contribution in [3.8, 4) is 0 Å². The highest BCUT2D eigenvalue weighted by atomic mass is 19.3. The van der Waals surface area contributed by atoms with Crippen molar-refractivity contribution in [2.24, 2.45) is 23.5 Å². The van der Waals surface area contributed by atoms with Crippen LogP contribution in [0, 0.1) is 17.8 Å². The number of carbonyl (C=O) groups is 2. The summed E-state index contributed by atoms with van der Waals surface area (Å²) in [6, 6.07) is 7.01. The summed E-state index contributed by atoms with van der Waals surface area (Å²) >= 11 is 0. The summed E-state index contributed by atoms with van der Waals surface area (Å²) in [5, 5.41) is 7.80. The number of aromatic amines is 1. The number of primary amides is 1. The summed E-state index contributed by atoms with van der Waals surface area (Å²) in [7, 11) is 0. The number of nitrogens with two attached hydrogens (primary N) is 1. The predicted molar refractivity (Wildman–Crippen MR) is 152 cm³/mol. The summed E-state index contributed by atoms with van der Waals surface area (Å²) < 4.78 is 56.4. The van der Waals surface area contributed by atoms with Crippen molar-refractivity contribution >= 4 is 22.8 Å². The van der Waals surface area contributed by atoms with Crippen molar-refractivity contribution in [2.45, 2.75) is 101 Å². The number of benzene rings is 1. The maximum atomic E-state index is 14.1. The number of carbonyl (C=O) groups excluding carboxylic acids is 2. The Kier molecular flexibility index (Phi) is 7.53. The molecule has 8 nitrogen and oxygen atoms in total. The van der Waals surface area contributed by atoms with E-state index in [0.717, 1.165) is 23.9 Å². The Hall–Kier alpha value is -3.44. The first kappa shape index (κ1) is 29.6. The van der Waals surface area contributed by atoms with Crippen LogP contribution in [-0.2, 0) is 4.79 Å². The quantitative estimate of drug-likeness (QED) is 0.233. The van der Waals surface area contributed by atoms with Crippen LogP contribution in [-0.4, -0.2) is 43.4 Å². The Morgan fingerprint density at radius 1 is 1.05 bits per heavy atom. The Bertz CT molecular complexity index is 1510. The number of hydrogen-bond acceptors (Lipinski definition) is 4. The molecule has 2 atom stereocenters. The minimum Gasteiger partial charge on any atom is -0.364 e. The fourth-order valence-electron chi connectivity index (χ4n) is 6.86. The van der Waals surface area contributed by atoms with Crippen LogP contribution in [0.25, 0.3) is 11.0 Å². The second-order valence-electron chi connectivity index (χ2n) is 13.1. The Labute approximate surface area is 247 Å². The number of fused-ring (bicyclic) bond motifs is 1. The summed E-state index contributed by atoms with van der Waals surface area (Å²) in [5.74, 6) is -6.27. The monoisotopic (exact) mass is 602 g/mol. The highest BCUT2D eigenvalue weighted by Crippen LogP contribution is 2.46. The predicted octanol–water partition coefficient (Wildman–Crippen LogP) is 6.40. The Balaban J connectivity index is 1.30. The molecule has 3 aliphatic carbocycles. The van der Waals surface area contributed by atoms with Gasteiger partial charge in [-0.25, -0.2) is 22.5 Å². The van der Waals surface area contributed by atoms with Gasteiger partial charge in [-0.15, -0.1) is 0 Å². The van der Waals surface area contributed by atoms with E-state index in [9.17, 15) is 27.2 Å². The van der Waals surface area contributed by atoms with E-state index in [4.69, 9.17) is 15.8 Å². The van der Waals surface area contributed by atoms with Crippen molar-refractivity contribution in [1.29, 1.82) is 0 Å². The van der Waals surface area contributed by atoms with Gasteiger partial charge in [0.2, 0.25) is 17.8 Å². The third kappa shape index (κ3) is 6.28. The molecule has 2 amide bonds. The second-order valence-corrected chi connectivity index (χ2v) is 13.1. The molecular formula is C31H38F4N6O2. The molecule has 2 heterocycles. The number of alkyl halides is 4. The van der Waals surface area contributed by atoms with E-state index >= 15 is 0 Å². The van der Waals surface area contributed by atoms with Crippen LogP contribution in [0.2, 0.25) is 0 Å². The minimum atomic E-state index is -2.71. The average Bonchev–Trinajstić information content (AvgIpc) is 3.50. The van der Waals surface area contributed by atoms with Gasteiger partial charge in [0.15, 0.2) is 0 Å². The molecule has 232 valence electrons. The highest BCUT2D eigenvalue weighted by molar-refractivity contribution is 5.91. The molecule has 12 heteroatoms. The Morgan fingerprint density at radius 2 is 1.74 bits per heavy atom. The zero-order valence-electron chi connectivity index (χ0n) is 24.4. The van der Waals surface area contributed by atoms with E-state index in [-0.39, 0.29) is 86.4 Å². The van der Waals surface area contributed by atoms with E-state index in [1.807, 2.05) is 32.0 Å². The minimum absolute atomic E-state index is 0.0910. The van der Waals surface area contributed by atoms with Gasteiger partial charge in [0.05, 0.1) is 28.7 Å². The molecule has 3 saturated carbocycles. The van der Waals surface area contributed by atoms with Gasteiger partial charge in [-0.1, -0.05) is 6.07 Å². The van der Waals surface area contributed by atoms with Crippen molar-refractivity contribution in [3.05, 3.63) is 47.0 Å². The fourth-order valence-corrected chi connectivity index (χ4v) is 6.86. The number of H-pyrrole nitrogens is 1. The van der Waals surface area contributed by atoms with Crippen molar-refractivity contribution in [2.75, 3.05) is 0 Å². The third-order valence-electron chi connectivity index (χ3n) is 9.28. The topological polar surface area (TPSA) is 119 Å². The molecular weight excluding hydrogens is 564 g/mol. The number of imidazole rings is 1. The largest absolute Gasteiger partial charge is 0.364 e. The van der Waals surface area contributed by atoms with Crippen LogP contribution in [0.5, 0.6) is 0 Å². The van der Waals surface area contributed by atoms with Crippen LogP contribution in [0.15, 0.2) is 24.3 Å². The fraction of sp³-hybridized carbons (Fsp3) is 0.613. The molecule has 6 rings (SSSR count). The standard InChI is InChI=1S/C31H38F4N6O2/c1-16(2)41-24(28(36)43)13-23(40-41)26(18-7-9-30(32,33)10-8-18)29-37-21-6-5-20(12-22(21)38-29)27(19-3-4-19)39-25(42)11-17-14-31(34,35)15-17/h5-6,12-13,16-19,26-27H,3-4,7-11,14-15H2,1-2H3,(H2,36,43)(H,37,38)(H,39,42)/t26-,27+/m0/s1. The summed E-state index contributed by atoms with van der Waals surface area (Å²) in [5.41, 5.74) is 8.77. The van der Waals surface area contributed by atoms with Crippen LogP contribution >= 0.6 is 0 Å². The van der Waals surface area contributed by atoms with Gasteiger partial charge in [0.25, 0.3) is 5.91 Å². The highest BCUT2D eigenvalue weighted by Gasteiger charge is 2.46. The number of nitrogens with one attached hydrogen (secondary N) is 2. The van der Waals surface area contributed by atoms with Crippen molar-refractivity contribution < 1.29 is 27.2 Å². The first-order valence-electron chi connectivity index (χ1n) is 15.2. The lowest BCUT2D eigenvalue weighted by Crippen LogP contribution is -2.39. The molecule has 1 aromatic carbocycles. The molecule has 0 bridgehead atoms. The van der Waals surface area contributed by atoms with E-state index in [1.54, 1.807) is 10.7 Å². The number of aromatic nitrogens is 4. The lowest BCUT2D eigenvalue weighted by atomic mass is 9.77. The first-order valence-corrected chi connectivity index (χ1v) is 15.2. The molecule has 0 unspecified atom stereocenters. The zero-order valence-corrected chi connectivity index (χ0v) is 24.4. The van der Waals surface area contributed by atoms with E-state index in [2.05, 4.69) is 10.3 Å². The molecule has 0 radical (unpaired) electrons. The first-order chi connectivity index (χ1) is 20.3. The van der Waals surface area contributed by atoms with E-state index < -0.39 is 23.7 Å². The SMILES string of the molecule is CC(C)n1nc([C@@H](c2nc3ccc([C@H](NC(=O)CC4CC(F)(F)C4)C4CC4)cc3[nH]2)C2CCC(F)(F)CC2)cc1C(N)=O. The molecule has 0 saturated heterocycles. The van der Waals surface area contributed by atoms with Crippen molar-refractivity contribution in [1.82, 2.24) is 25.1 Å². The van der Waals surface area contributed by atoms with Gasteiger partial charge in [-0.2, -0.15) is 5.10 Å². The number of hydrogen-bond donors (Lipinski definition) is 3. The molecule has 3 fully saturated rings. The second kappa shape index (κ2) is 10.9. The maximum absolute atomic E-state index is 14.1. The molecule has 0 spiro atoms. The van der Waals surface area contributed by atoms with Gasteiger partial charge in [0.1, 0.15) is 11.5 Å². The summed E-state index contributed by atoms with van der Waals surface area (Å²) in [6.07, 6.45) is 1.64. The number of rotatable bonds is 10. The molecule has 4 N–H and O–H groups in total. The summed E-state index contributed by atoms with van der Waals surface area (Å²) in [6.45, 7) is 3.78. The van der Waals surface area contributed by atoms with Gasteiger partial charge in [0, 0.05) is 38.1 Å². The normalized spacial score (nSPS) is 21.9.